The number of hydrogen-bond donors (Lipinski definition) is 0. The highest BCUT2D eigenvalue weighted by Crippen LogP contribution is 2.24. The lowest BCUT2D eigenvalue weighted by atomic mass is 9.99. The molecule has 82 valence electrons. The van der Waals surface area contributed by atoms with Gasteiger partial charge in [-0.3, -0.25) is 4.98 Å². The van der Waals surface area contributed by atoms with Crippen molar-refractivity contribution in [3.05, 3.63) is 52.7 Å². The number of rotatable bonds is 1. The third kappa shape index (κ3) is 1.99. The van der Waals surface area contributed by atoms with Crippen LogP contribution in [0.5, 0.6) is 0 Å². The van der Waals surface area contributed by atoms with Gasteiger partial charge in [-0.1, -0.05) is 18.2 Å². The van der Waals surface area contributed by atoms with E-state index in [1.165, 1.54) is 22.3 Å². The highest BCUT2D eigenvalue weighted by molar-refractivity contribution is 5.65. The molecule has 0 aliphatic heterocycles. The summed E-state index contributed by atoms with van der Waals surface area (Å²) < 4.78 is 0. The average Bonchev–Trinajstić information content (AvgIpc) is 2.20. The normalized spacial score (nSPS) is 10.5. The molecule has 1 aromatic carbocycles. The first-order valence-corrected chi connectivity index (χ1v) is 5.60. The van der Waals surface area contributed by atoms with E-state index in [0.29, 0.717) is 0 Å². The van der Waals surface area contributed by atoms with Crippen LogP contribution in [0.4, 0.5) is 0 Å². The van der Waals surface area contributed by atoms with E-state index in [9.17, 15) is 0 Å². The molecule has 0 N–H and O–H groups in total. The van der Waals surface area contributed by atoms with Gasteiger partial charge in [0.25, 0.3) is 0 Å². The van der Waals surface area contributed by atoms with Crippen molar-refractivity contribution in [3.63, 3.8) is 0 Å². The van der Waals surface area contributed by atoms with E-state index in [4.69, 9.17) is 0 Å². The number of benzene rings is 1. The Labute approximate surface area is 97.2 Å². The number of hydrogen-bond acceptors (Lipinski definition) is 1. The van der Waals surface area contributed by atoms with E-state index in [-0.39, 0.29) is 0 Å². The second kappa shape index (κ2) is 4.09. The van der Waals surface area contributed by atoms with Crippen LogP contribution in [0, 0.1) is 27.7 Å². The number of aromatic nitrogens is 1. The second-order valence-electron chi connectivity index (χ2n) is 4.42. The van der Waals surface area contributed by atoms with Crippen molar-refractivity contribution in [1.29, 1.82) is 0 Å². The first-order chi connectivity index (χ1) is 7.58. The van der Waals surface area contributed by atoms with Gasteiger partial charge in [-0.2, -0.15) is 0 Å². The first kappa shape index (κ1) is 10.9. The quantitative estimate of drug-likeness (QED) is 0.695. The van der Waals surface area contributed by atoms with E-state index in [2.05, 4.69) is 56.1 Å². The Balaban J connectivity index is 2.63. The molecular formula is C15H17N. The number of pyridine rings is 1. The third-order valence-corrected chi connectivity index (χ3v) is 2.98. The second-order valence-corrected chi connectivity index (χ2v) is 4.42. The van der Waals surface area contributed by atoms with E-state index in [1.54, 1.807) is 0 Å². The Morgan fingerprint density at radius 1 is 0.938 bits per heavy atom. The Bertz CT molecular complexity index is 507. The summed E-state index contributed by atoms with van der Waals surface area (Å²) in [7, 11) is 0. The summed E-state index contributed by atoms with van der Waals surface area (Å²) in [6, 6.07) is 10.6. The zero-order valence-corrected chi connectivity index (χ0v) is 10.3. The van der Waals surface area contributed by atoms with Gasteiger partial charge < -0.3 is 0 Å². The maximum Gasteiger partial charge on any atom is 0.0710 e. The minimum Gasteiger partial charge on any atom is -0.253 e. The largest absolute Gasteiger partial charge is 0.253 e. The fourth-order valence-electron chi connectivity index (χ4n) is 2.01. The predicted molar refractivity (Wildman–Crippen MR) is 68.6 cm³/mol. The molecule has 1 nitrogen and oxygen atoms in total. The highest BCUT2D eigenvalue weighted by Gasteiger charge is 2.05. The molecule has 0 spiro atoms. The molecule has 2 aromatic rings. The maximum absolute atomic E-state index is 4.61. The summed E-state index contributed by atoms with van der Waals surface area (Å²) in [6.07, 6.45) is 0. The molecule has 0 aliphatic rings. The van der Waals surface area contributed by atoms with Gasteiger partial charge in [0.15, 0.2) is 0 Å². The van der Waals surface area contributed by atoms with Gasteiger partial charge in [-0.15, -0.1) is 0 Å². The Hall–Kier alpha value is -1.63. The fourth-order valence-corrected chi connectivity index (χ4v) is 2.01. The van der Waals surface area contributed by atoms with Crippen molar-refractivity contribution in [2.75, 3.05) is 0 Å². The summed E-state index contributed by atoms with van der Waals surface area (Å²) >= 11 is 0. The minimum atomic E-state index is 1.08. The molecule has 0 radical (unpaired) electrons. The maximum atomic E-state index is 4.61. The Morgan fingerprint density at radius 3 is 2.38 bits per heavy atom. The molecule has 0 fully saturated rings. The van der Waals surface area contributed by atoms with Crippen LogP contribution in [0.25, 0.3) is 11.3 Å². The SMILES string of the molecule is Cc1cc(C)nc(-c2cccc(C)c2C)c1. The van der Waals surface area contributed by atoms with Crippen LogP contribution in [-0.2, 0) is 0 Å². The molecule has 16 heavy (non-hydrogen) atoms. The van der Waals surface area contributed by atoms with Crippen LogP contribution in [0.3, 0.4) is 0 Å². The Kier molecular flexibility index (Phi) is 2.78. The third-order valence-electron chi connectivity index (χ3n) is 2.98. The zero-order chi connectivity index (χ0) is 11.7. The van der Waals surface area contributed by atoms with Gasteiger partial charge in [-0.25, -0.2) is 0 Å². The molecular weight excluding hydrogens is 194 g/mol. The molecule has 1 aromatic heterocycles. The van der Waals surface area contributed by atoms with E-state index < -0.39 is 0 Å². The minimum absolute atomic E-state index is 1.08. The predicted octanol–water partition coefficient (Wildman–Crippen LogP) is 3.98. The Morgan fingerprint density at radius 2 is 1.69 bits per heavy atom. The van der Waals surface area contributed by atoms with E-state index in [1.807, 2.05) is 6.92 Å². The van der Waals surface area contributed by atoms with Crippen LogP contribution in [0.2, 0.25) is 0 Å². The van der Waals surface area contributed by atoms with Crippen molar-refractivity contribution in [3.8, 4) is 11.3 Å². The standard InChI is InChI=1S/C15H17N/c1-10-8-12(3)16-15(9-10)14-7-5-6-11(2)13(14)4/h5-9H,1-4H3. The van der Waals surface area contributed by atoms with Gasteiger partial charge in [0.1, 0.15) is 0 Å². The molecule has 0 atom stereocenters. The fraction of sp³-hybridized carbons (Fsp3) is 0.267. The molecule has 0 saturated heterocycles. The van der Waals surface area contributed by atoms with Crippen molar-refractivity contribution in [1.82, 2.24) is 4.98 Å². The molecule has 0 amide bonds. The lowest BCUT2D eigenvalue weighted by molar-refractivity contribution is 1.17. The van der Waals surface area contributed by atoms with Crippen LogP contribution >= 0.6 is 0 Å². The van der Waals surface area contributed by atoms with Crippen molar-refractivity contribution >= 4 is 0 Å². The van der Waals surface area contributed by atoms with Gasteiger partial charge in [0.2, 0.25) is 0 Å². The summed E-state index contributed by atoms with van der Waals surface area (Å²) in [5.41, 5.74) is 7.31. The molecule has 2 rings (SSSR count). The van der Waals surface area contributed by atoms with Crippen molar-refractivity contribution in [2.24, 2.45) is 0 Å². The zero-order valence-electron chi connectivity index (χ0n) is 10.3. The van der Waals surface area contributed by atoms with Gasteiger partial charge in [0.05, 0.1) is 5.69 Å². The monoisotopic (exact) mass is 211 g/mol. The average molecular weight is 211 g/mol. The van der Waals surface area contributed by atoms with Crippen LogP contribution < -0.4 is 0 Å². The van der Waals surface area contributed by atoms with Crippen LogP contribution in [0.1, 0.15) is 22.4 Å². The van der Waals surface area contributed by atoms with Crippen LogP contribution in [-0.4, -0.2) is 4.98 Å². The lowest BCUT2D eigenvalue weighted by Gasteiger charge is -2.09. The molecule has 1 heteroatoms. The molecule has 1 heterocycles. The molecule has 0 saturated carbocycles. The van der Waals surface area contributed by atoms with Gasteiger partial charge >= 0.3 is 0 Å². The smallest absolute Gasteiger partial charge is 0.0710 e. The molecule has 0 bridgehead atoms. The molecule has 0 aliphatic carbocycles. The summed E-state index contributed by atoms with van der Waals surface area (Å²) in [4.78, 5) is 4.61. The number of aryl methyl sites for hydroxylation is 3. The van der Waals surface area contributed by atoms with Gasteiger partial charge in [-0.05, 0) is 56.5 Å². The number of nitrogens with zero attached hydrogens (tertiary/aromatic N) is 1. The highest BCUT2D eigenvalue weighted by atomic mass is 14.7. The summed E-state index contributed by atoms with van der Waals surface area (Å²) in [5, 5.41) is 0. The molecule has 0 unspecified atom stereocenters. The summed E-state index contributed by atoms with van der Waals surface area (Å²) in [5.74, 6) is 0. The topological polar surface area (TPSA) is 12.9 Å². The van der Waals surface area contributed by atoms with E-state index in [0.717, 1.165) is 11.4 Å². The van der Waals surface area contributed by atoms with E-state index >= 15 is 0 Å². The lowest BCUT2D eigenvalue weighted by Crippen LogP contribution is -1.92. The van der Waals surface area contributed by atoms with Crippen molar-refractivity contribution in [2.45, 2.75) is 27.7 Å². The van der Waals surface area contributed by atoms with Crippen molar-refractivity contribution < 1.29 is 0 Å². The first-order valence-electron chi connectivity index (χ1n) is 5.60. The van der Waals surface area contributed by atoms with Crippen LogP contribution in [0.15, 0.2) is 30.3 Å². The van der Waals surface area contributed by atoms with Gasteiger partial charge in [0, 0.05) is 11.3 Å². The summed E-state index contributed by atoms with van der Waals surface area (Å²) in [6.45, 7) is 8.45.